The maximum Gasteiger partial charge on any atom is 0.220 e. The molecular weight excluding hydrogens is 594 g/mol. The summed E-state index contributed by atoms with van der Waals surface area (Å²) in [5.41, 5.74) is 0. The summed E-state index contributed by atoms with van der Waals surface area (Å²) in [6.07, 6.45) is 44.8. The highest BCUT2D eigenvalue weighted by molar-refractivity contribution is 5.76. The lowest BCUT2D eigenvalue weighted by molar-refractivity contribution is -0.124. The van der Waals surface area contributed by atoms with Crippen molar-refractivity contribution in [3.05, 3.63) is 12.2 Å². The van der Waals surface area contributed by atoms with Gasteiger partial charge in [-0.05, 0) is 38.5 Å². The first-order chi connectivity index (χ1) is 23.6. The first-order valence-electron chi connectivity index (χ1n) is 21.5. The van der Waals surface area contributed by atoms with Crippen LogP contribution in [0.15, 0.2) is 12.2 Å². The molecule has 0 heterocycles. The molecule has 0 radical (unpaired) electrons. The molecule has 0 bridgehead atoms. The maximum absolute atomic E-state index is 12.3. The van der Waals surface area contributed by atoms with Crippen LogP contribution in [0.4, 0.5) is 0 Å². The molecule has 0 aliphatic carbocycles. The predicted molar refractivity (Wildman–Crippen MR) is 208 cm³/mol. The lowest BCUT2D eigenvalue weighted by Crippen LogP contribution is -2.50. The van der Waals surface area contributed by atoms with Gasteiger partial charge in [0.25, 0.3) is 0 Å². The van der Waals surface area contributed by atoms with Crippen molar-refractivity contribution in [2.45, 2.75) is 250 Å². The van der Waals surface area contributed by atoms with E-state index in [-0.39, 0.29) is 12.5 Å². The fourth-order valence-corrected chi connectivity index (χ4v) is 6.75. The molecular formula is C43H85NO4. The lowest BCUT2D eigenvalue weighted by atomic mass is 10.0. The normalized spacial score (nSPS) is 13.7. The molecule has 0 aromatic rings. The van der Waals surface area contributed by atoms with E-state index in [0.717, 1.165) is 38.5 Å². The minimum absolute atomic E-state index is 0.155. The van der Waals surface area contributed by atoms with Crippen LogP contribution in [0, 0.1) is 0 Å². The summed E-state index contributed by atoms with van der Waals surface area (Å²) < 4.78 is 0. The smallest absolute Gasteiger partial charge is 0.220 e. The van der Waals surface area contributed by atoms with Crippen molar-refractivity contribution in [3.8, 4) is 0 Å². The fraction of sp³-hybridized carbons (Fsp3) is 0.930. The van der Waals surface area contributed by atoms with Gasteiger partial charge in [0, 0.05) is 6.42 Å². The fourth-order valence-electron chi connectivity index (χ4n) is 6.75. The van der Waals surface area contributed by atoms with Gasteiger partial charge in [-0.1, -0.05) is 199 Å². The third kappa shape index (κ3) is 33.6. The number of aliphatic hydroxyl groups is 3. The van der Waals surface area contributed by atoms with Crippen LogP contribution >= 0.6 is 0 Å². The van der Waals surface area contributed by atoms with Gasteiger partial charge in [0.15, 0.2) is 0 Å². The number of rotatable bonds is 39. The van der Waals surface area contributed by atoms with Crippen molar-refractivity contribution in [2.75, 3.05) is 6.61 Å². The molecule has 48 heavy (non-hydrogen) atoms. The molecule has 0 aliphatic rings. The summed E-state index contributed by atoms with van der Waals surface area (Å²) in [7, 11) is 0. The summed E-state index contributed by atoms with van der Waals surface area (Å²) >= 11 is 0. The number of nitrogens with one attached hydrogen (secondary N) is 1. The Labute approximate surface area is 299 Å². The van der Waals surface area contributed by atoms with E-state index in [9.17, 15) is 20.1 Å². The number of carbonyl (C=O) groups is 1. The van der Waals surface area contributed by atoms with Gasteiger partial charge in [0.05, 0.1) is 18.8 Å². The number of carbonyl (C=O) groups excluding carboxylic acids is 1. The summed E-state index contributed by atoms with van der Waals surface area (Å²) in [5, 5.41) is 33.4. The topological polar surface area (TPSA) is 89.8 Å². The Hall–Kier alpha value is -0.910. The molecule has 0 fully saturated rings. The van der Waals surface area contributed by atoms with Crippen LogP contribution in [0.2, 0.25) is 0 Å². The molecule has 0 aromatic carbocycles. The third-order valence-electron chi connectivity index (χ3n) is 10.1. The van der Waals surface area contributed by atoms with Gasteiger partial charge in [0.2, 0.25) is 5.91 Å². The monoisotopic (exact) mass is 680 g/mol. The van der Waals surface area contributed by atoms with E-state index in [2.05, 4.69) is 31.3 Å². The number of hydrogen-bond donors (Lipinski definition) is 4. The van der Waals surface area contributed by atoms with E-state index >= 15 is 0 Å². The number of allylic oxidation sites excluding steroid dienone is 2. The standard InChI is InChI=1S/C43H85NO4/c1-3-5-7-9-11-13-15-16-17-18-19-20-21-22-23-24-25-26-27-28-29-31-33-35-37-41(46)43(48)40(39-45)44-42(47)38-36-34-32-30-14-12-10-8-6-4-2/h29,31,40-41,43,45-46,48H,3-28,30,32-39H2,1-2H3,(H,44,47)/b31-29+. The van der Waals surface area contributed by atoms with Gasteiger partial charge in [-0.3, -0.25) is 4.79 Å². The zero-order chi connectivity index (χ0) is 35.2. The van der Waals surface area contributed by atoms with Gasteiger partial charge in [0.1, 0.15) is 6.10 Å². The molecule has 0 aliphatic heterocycles. The van der Waals surface area contributed by atoms with Crippen LogP contribution in [-0.4, -0.2) is 46.1 Å². The molecule has 0 spiro atoms. The molecule has 0 rings (SSSR count). The Morgan fingerprint density at radius 2 is 0.833 bits per heavy atom. The average Bonchev–Trinajstić information content (AvgIpc) is 3.09. The molecule has 0 saturated heterocycles. The zero-order valence-corrected chi connectivity index (χ0v) is 32.4. The predicted octanol–water partition coefficient (Wildman–Crippen LogP) is 12.0. The first-order valence-corrected chi connectivity index (χ1v) is 21.5. The minimum atomic E-state index is -1.15. The largest absolute Gasteiger partial charge is 0.394 e. The van der Waals surface area contributed by atoms with Gasteiger partial charge in [-0.25, -0.2) is 0 Å². The summed E-state index contributed by atoms with van der Waals surface area (Å²) in [5.74, 6) is -0.155. The van der Waals surface area contributed by atoms with Crippen LogP contribution in [0.3, 0.4) is 0 Å². The third-order valence-corrected chi connectivity index (χ3v) is 10.1. The second kappa shape index (κ2) is 38.9. The Kier molecular flexibility index (Phi) is 38.1. The summed E-state index contributed by atoms with van der Waals surface area (Å²) in [6.45, 7) is 4.16. The van der Waals surface area contributed by atoms with Crippen molar-refractivity contribution in [1.82, 2.24) is 5.32 Å². The van der Waals surface area contributed by atoms with Crippen molar-refractivity contribution in [2.24, 2.45) is 0 Å². The second-order valence-corrected chi connectivity index (χ2v) is 14.9. The van der Waals surface area contributed by atoms with E-state index < -0.39 is 18.2 Å². The van der Waals surface area contributed by atoms with Crippen LogP contribution in [0.25, 0.3) is 0 Å². The van der Waals surface area contributed by atoms with E-state index in [4.69, 9.17) is 0 Å². The number of unbranched alkanes of at least 4 members (excludes halogenated alkanes) is 29. The maximum atomic E-state index is 12.3. The molecule has 3 unspecified atom stereocenters. The Morgan fingerprint density at radius 3 is 1.21 bits per heavy atom. The van der Waals surface area contributed by atoms with E-state index in [1.165, 1.54) is 167 Å². The molecule has 5 nitrogen and oxygen atoms in total. The number of hydrogen-bond acceptors (Lipinski definition) is 4. The van der Waals surface area contributed by atoms with Crippen LogP contribution in [0.1, 0.15) is 232 Å². The van der Waals surface area contributed by atoms with E-state index in [1.54, 1.807) is 0 Å². The van der Waals surface area contributed by atoms with Gasteiger partial charge in [-0.2, -0.15) is 0 Å². The highest BCUT2D eigenvalue weighted by atomic mass is 16.3. The van der Waals surface area contributed by atoms with Crippen LogP contribution < -0.4 is 5.32 Å². The number of aliphatic hydroxyl groups excluding tert-OH is 3. The molecule has 286 valence electrons. The Bertz CT molecular complexity index is 669. The summed E-state index contributed by atoms with van der Waals surface area (Å²) in [4.78, 5) is 12.3. The average molecular weight is 680 g/mol. The highest BCUT2D eigenvalue weighted by Crippen LogP contribution is 2.16. The molecule has 0 aromatic heterocycles. The minimum Gasteiger partial charge on any atom is -0.394 e. The quantitative estimate of drug-likeness (QED) is 0.0384. The Balaban J connectivity index is 3.58. The van der Waals surface area contributed by atoms with Crippen LogP contribution in [-0.2, 0) is 4.79 Å². The van der Waals surface area contributed by atoms with Crippen molar-refractivity contribution < 1.29 is 20.1 Å². The highest BCUT2D eigenvalue weighted by Gasteiger charge is 2.26. The van der Waals surface area contributed by atoms with Crippen molar-refractivity contribution in [1.29, 1.82) is 0 Å². The Morgan fingerprint density at radius 1 is 0.500 bits per heavy atom. The molecule has 1 amide bonds. The SMILES string of the molecule is CCCCCCCCCCCCCCCCCCCCC/C=C/CCCC(O)C(O)C(CO)NC(=O)CCCCCCCCCCCC. The van der Waals surface area contributed by atoms with Crippen molar-refractivity contribution in [3.63, 3.8) is 0 Å². The molecule has 0 saturated carbocycles. The van der Waals surface area contributed by atoms with E-state index in [0.29, 0.717) is 12.8 Å². The van der Waals surface area contributed by atoms with Crippen molar-refractivity contribution >= 4 is 5.91 Å². The summed E-state index contributed by atoms with van der Waals surface area (Å²) in [6, 6.07) is -0.819. The first kappa shape index (κ1) is 47.1. The molecule has 3 atom stereocenters. The van der Waals surface area contributed by atoms with Gasteiger partial charge >= 0.3 is 0 Å². The van der Waals surface area contributed by atoms with E-state index in [1.807, 2.05) is 0 Å². The van der Waals surface area contributed by atoms with Gasteiger partial charge < -0.3 is 20.6 Å². The lowest BCUT2D eigenvalue weighted by Gasteiger charge is -2.26. The van der Waals surface area contributed by atoms with Gasteiger partial charge in [-0.15, -0.1) is 0 Å². The zero-order valence-electron chi connectivity index (χ0n) is 32.4. The second-order valence-electron chi connectivity index (χ2n) is 14.9. The number of amides is 1. The van der Waals surface area contributed by atoms with Crippen LogP contribution in [0.5, 0.6) is 0 Å². The molecule has 5 heteroatoms. The molecule has 4 N–H and O–H groups in total.